The highest BCUT2D eigenvalue weighted by molar-refractivity contribution is 7.80. The van der Waals surface area contributed by atoms with Gasteiger partial charge in [-0.3, -0.25) is 0 Å². The average Bonchev–Trinajstić information content (AvgIpc) is 2.92. The van der Waals surface area contributed by atoms with Crippen molar-refractivity contribution in [3.8, 4) is 11.7 Å². The maximum atomic E-state index is 5.53. The first-order valence-corrected chi connectivity index (χ1v) is 7.24. The summed E-state index contributed by atoms with van der Waals surface area (Å²) < 4.78 is 7.24. The van der Waals surface area contributed by atoms with Crippen LogP contribution in [0, 0.1) is 0 Å². The molecule has 2 rings (SSSR count). The van der Waals surface area contributed by atoms with Gasteiger partial charge in [0.2, 0.25) is 0 Å². The first kappa shape index (κ1) is 13.9. The molecular weight excluding hydrogens is 258 g/mol. The third-order valence-electron chi connectivity index (χ3n) is 2.78. The summed E-state index contributed by atoms with van der Waals surface area (Å²) in [4.78, 5) is 4.14. The molecule has 2 aromatic rings. The lowest BCUT2D eigenvalue weighted by molar-refractivity contribution is 0.282. The minimum atomic E-state index is 0.443. The maximum absolute atomic E-state index is 5.53. The Morgan fingerprint density at radius 3 is 2.63 bits per heavy atom. The Morgan fingerprint density at radius 2 is 1.84 bits per heavy atom. The van der Waals surface area contributed by atoms with Gasteiger partial charge in [-0.15, -0.1) is 5.10 Å². The van der Waals surface area contributed by atoms with Gasteiger partial charge in [-0.2, -0.15) is 17.6 Å². The Hall–Kier alpha value is -1.49. The highest BCUT2D eigenvalue weighted by atomic mass is 32.1. The third-order valence-corrected chi connectivity index (χ3v) is 3.09. The molecular formula is C14H19N3OS. The second kappa shape index (κ2) is 7.84. The standard InChI is InChI=1S/C14H19N3OS/c19-11-7-2-1-6-10-18-14-15-12-17(16-14)13-8-4-3-5-9-13/h3-5,8-9,12,19H,1-2,6-7,10-11H2. The minimum Gasteiger partial charge on any atom is -0.462 e. The average molecular weight is 277 g/mol. The number of hydrogen-bond acceptors (Lipinski definition) is 4. The molecule has 5 heteroatoms. The van der Waals surface area contributed by atoms with E-state index in [4.69, 9.17) is 4.74 Å². The lowest BCUT2D eigenvalue weighted by Crippen LogP contribution is -2.00. The zero-order chi connectivity index (χ0) is 13.3. The van der Waals surface area contributed by atoms with Gasteiger partial charge in [0.1, 0.15) is 6.33 Å². The molecule has 0 saturated heterocycles. The molecule has 1 heterocycles. The molecule has 0 radical (unpaired) electrons. The van der Waals surface area contributed by atoms with Crippen LogP contribution in [-0.4, -0.2) is 27.1 Å². The van der Waals surface area contributed by atoms with Crippen LogP contribution in [0.4, 0.5) is 0 Å². The van der Waals surface area contributed by atoms with E-state index in [9.17, 15) is 0 Å². The number of nitrogens with zero attached hydrogens (tertiary/aromatic N) is 3. The van der Waals surface area contributed by atoms with Gasteiger partial charge >= 0.3 is 6.01 Å². The lowest BCUT2D eigenvalue weighted by Gasteiger charge is -2.01. The normalized spacial score (nSPS) is 10.6. The van der Waals surface area contributed by atoms with Crippen molar-refractivity contribution in [2.75, 3.05) is 12.4 Å². The molecule has 0 N–H and O–H groups in total. The fourth-order valence-electron chi connectivity index (χ4n) is 1.75. The van der Waals surface area contributed by atoms with Crippen LogP contribution in [0.25, 0.3) is 5.69 Å². The maximum Gasteiger partial charge on any atom is 0.335 e. The van der Waals surface area contributed by atoms with Crippen molar-refractivity contribution in [2.24, 2.45) is 0 Å². The molecule has 0 saturated carbocycles. The topological polar surface area (TPSA) is 39.9 Å². The quantitative estimate of drug-likeness (QED) is 0.595. The summed E-state index contributed by atoms with van der Waals surface area (Å²) in [6, 6.07) is 10.3. The number of ether oxygens (including phenoxy) is 1. The predicted octanol–water partition coefficient (Wildman–Crippen LogP) is 3.14. The summed E-state index contributed by atoms with van der Waals surface area (Å²) in [5.41, 5.74) is 0.985. The Balaban J connectivity index is 1.75. The van der Waals surface area contributed by atoms with Crippen molar-refractivity contribution in [1.29, 1.82) is 0 Å². The molecule has 0 spiro atoms. The van der Waals surface area contributed by atoms with Crippen molar-refractivity contribution in [3.05, 3.63) is 36.7 Å². The molecule has 0 amide bonds. The largest absolute Gasteiger partial charge is 0.462 e. The molecule has 0 aliphatic heterocycles. The van der Waals surface area contributed by atoms with Crippen molar-refractivity contribution in [1.82, 2.24) is 14.8 Å². The van der Waals surface area contributed by atoms with Gasteiger partial charge < -0.3 is 4.74 Å². The van der Waals surface area contributed by atoms with Crippen LogP contribution in [0.1, 0.15) is 25.7 Å². The Labute approximate surface area is 119 Å². The minimum absolute atomic E-state index is 0.443. The van der Waals surface area contributed by atoms with E-state index in [1.165, 1.54) is 19.3 Å². The highest BCUT2D eigenvalue weighted by Gasteiger charge is 2.02. The van der Waals surface area contributed by atoms with E-state index in [0.717, 1.165) is 17.9 Å². The van der Waals surface area contributed by atoms with Gasteiger partial charge in [0.15, 0.2) is 0 Å². The summed E-state index contributed by atoms with van der Waals surface area (Å²) in [5, 5.41) is 4.29. The first-order valence-electron chi connectivity index (χ1n) is 6.61. The van der Waals surface area contributed by atoms with Crippen LogP contribution in [0.15, 0.2) is 36.7 Å². The molecule has 0 fully saturated rings. The summed E-state index contributed by atoms with van der Waals surface area (Å²) in [6.07, 6.45) is 6.25. The van der Waals surface area contributed by atoms with Crippen molar-refractivity contribution in [3.63, 3.8) is 0 Å². The monoisotopic (exact) mass is 277 g/mol. The molecule has 19 heavy (non-hydrogen) atoms. The van der Waals surface area contributed by atoms with Gasteiger partial charge in [-0.1, -0.05) is 31.0 Å². The summed E-state index contributed by atoms with van der Waals surface area (Å²) in [7, 11) is 0. The summed E-state index contributed by atoms with van der Waals surface area (Å²) in [6.45, 7) is 0.672. The van der Waals surface area contributed by atoms with E-state index in [2.05, 4.69) is 22.7 Å². The Morgan fingerprint density at radius 1 is 1.05 bits per heavy atom. The second-order valence-electron chi connectivity index (χ2n) is 4.29. The van der Waals surface area contributed by atoms with E-state index in [1.54, 1.807) is 11.0 Å². The third kappa shape index (κ3) is 4.59. The number of unbranched alkanes of at least 4 members (excludes halogenated alkanes) is 3. The van der Waals surface area contributed by atoms with E-state index >= 15 is 0 Å². The van der Waals surface area contributed by atoms with Crippen LogP contribution in [0.3, 0.4) is 0 Å². The van der Waals surface area contributed by atoms with Crippen LogP contribution in [0.2, 0.25) is 0 Å². The number of aromatic nitrogens is 3. The number of benzene rings is 1. The van der Waals surface area contributed by atoms with E-state index < -0.39 is 0 Å². The Kier molecular flexibility index (Phi) is 5.75. The van der Waals surface area contributed by atoms with Gasteiger partial charge in [0, 0.05) is 0 Å². The van der Waals surface area contributed by atoms with Gasteiger partial charge in [0.05, 0.1) is 12.3 Å². The van der Waals surface area contributed by atoms with Crippen molar-refractivity contribution >= 4 is 12.6 Å². The van der Waals surface area contributed by atoms with Gasteiger partial charge in [-0.25, -0.2) is 4.68 Å². The molecule has 0 atom stereocenters. The van der Waals surface area contributed by atoms with Crippen LogP contribution in [-0.2, 0) is 0 Å². The molecule has 102 valence electrons. The zero-order valence-corrected chi connectivity index (χ0v) is 11.8. The molecule has 0 unspecified atom stereocenters. The Bertz CT molecular complexity index is 473. The molecule has 0 aliphatic carbocycles. The smallest absolute Gasteiger partial charge is 0.335 e. The molecule has 1 aromatic heterocycles. The molecule has 0 aliphatic rings. The second-order valence-corrected chi connectivity index (χ2v) is 4.74. The van der Waals surface area contributed by atoms with Crippen molar-refractivity contribution < 1.29 is 4.74 Å². The summed E-state index contributed by atoms with van der Waals surface area (Å²) in [5.74, 6) is 0.962. The van der Waals surface area contributed by atoms with E-state index in [1.807, 2.05) is 30.3 Å². The van der Waals surface area contributed by atoms with Crippen molar-refractivity contribution in [2.45, 2.75) is 25.7 Å². The van der Waals surface area contributed by atoms with Crippen LogP contribution < -0.4 is 4.74 Å². The molecule has 0 bridgehead atoms. The summed E-state index contributed by atoms with van der Waals surface area (Å²) >= 11 is 4.19. The van der Waals surface area contributed by atoms with Gasteiger partial charge in [0.25, 0.3) is 0 Å². The van der Waals surface area contributed by atoms with E-state index in [-0.39, 0.29) is 0 Å². The number of thiol groups is 1. The number of rotatable bonds is 8. The predicted molar refractivity (Wildman–Crippen MR) is 79.2 cm³/mol. The SMILES string of the molecule is SCCCCCCOc1ncn(-c2ccccc2)n1. The molecule has 4 nitrogen and oxygen atoms in total. The highest BCUT2D eigenvalue weighted by Crippen LogP contribution is 2.09. The lowest BCUT2D eigenvalue weighted by atomic mass is 10.2. The van der Waals surface area contributed by atoms with Crippen LogP contribution in [0.5, 0.6) is 6.01 Å². The zero-order valence-electron chi connectivity index (χ0n) is 10.9. The van der Waals surface area contributed by atoms with Crippen LogP contribution >= 0.6 is 12.6 Å². The fourth-order valence-corrected chi connectivity index (χ4v) is 1.97. The number of hydrogen-bond donors (Lipinski definition) is 1. The van der Waals surface area contributed by atoms with Gasteiger partial charge in [-0.05, 0) is 30.7 Å². The molecule has 1 aromatic carbocycles. The van der Waals surface area contributed by atoms with E-state index in [0.29, 0.717) is 12.6 Å². The fraction of sp³-hybridized carbons (Fsp3) is 0.429. The number of para-hydroxylation sites is 1. The first-order chi connectivity index (χ1) is 9.40.